The van der Waals surface area contributed by atoms with Crippen LogP contribution in [0, 0.1) is 13.8 Å². The van der Waals surface area contributed by atoms with Crippen molar-refractivity contribution in [2.24, 2.45) is 0 Å². The summed E-state index contributed by atoms with van der Waals surface area (Å²) in [5.74, 6) is -2.14. The maximum atomic E-state index is 13.1. The second kappa shape index (κ2) is 9.31. The summed E-state index contributed by atoms with van der Waals surface area (Å²) in [7, 11) is 0. The number of carbonyl (C=O) groups is 4. The predicted molar refractivity (Wildman–Crippen MR) is 127 cm³/mol. The van der Waals surface area contributed by atoms with E-state index in [0.717, 1.165) is 21.6 Å². The number of anilines is 1. The second-order valence-corrected chi connectivity index (χ2v) is 8.27. The Morgan fingerprint density at radius 3 is 2.35 bits per heavy atom. The van der Waals surface area contributed by atoms with Gasteiger partial charge in [0.05, 0.1) is 28.4 Å². The molecule has 0 saturated carbocycles. The van der Waals surface area contributed by atoms with E-state index in [4.69, 9.17) is 4.74 Å². The number of benzene rings is 3. The minimum absolute atomic E-state index is 0.0895. The number of nitrogens with zero attached hydrogens (tertiary/aromatic N) is 1. The molecule has 34 heavy (non-hydrogen) atoms. The van der Waals surface area contributed by atoms with Crippen molar-refractivity contribution in [3.63, 3.8) is 0 Å². The molecule has 0 radical (unpaired) electrons. The van der Waals surface area contributed by atoms with Crippen LogP contribution in [0.3, 0.4) is 0 Å². The summed E-state index contributed by atoms with van der Waals surface area (Å²) in [5, 5.41) is 2.77. The van der Waals surface area contributed by atoms with Gasteiger partial charge in [-0.25, -0.2) is 9.69 Å². The number of imide groups is 1. The highest BCUT2D eigenvalue weighted by Crippen LogP contribution is 2.31. The standard InChI is InChI=1S/C27H24N2O5/c1-16-9-10-17(2)23(13-16)29-25(31)21-12-11-20(14-22(21)26(29)32)27(33)34-15-24(30)28-18(3)19-7-5-4-6-8-19/h4-14,18H,15H2,1-3H3,(H,28,30)/t18-/m0/s1. The van der Waals surface area contributed by atoms with E-state index < -0.39 is 30.3 Å². The SMILES string of the molecule is Cc1ccc(C)c(N2C(=O)c3ccc(C(=O)OCC(=O)N[C@@H](C)c4ccccc4)cc3C2=O)c1. The fourth-order valence-corrected chi connectivity index (χ4v) is 3.87. The van der Waals surface area contributed by atoms with Crippen molar-refractivity contribution in [1.82, 2.24) is 5.32 Å². The minimum atomic E-state index is -0.754. The highest BCUT2D eigenvalue weighted by Gasteiger charge is 2.38. The van der Waals surface area contributed by atoms with E-state index in [9.17, 15) is 19.2 Å². The van der Waals surface area contributed by atoms with Crippen LogP contribution in [0.4, 0.5) is 5.69 Å². The first-order valence-electron chi connectivity index (χ1n) is 10.9. The molecule has 0 spiro atoms. The zero-order valence-corrected chi connectivity index (χ0v) is 19.1. The zero-order chi connectivity index (χ0) is 24.4. The van der Waals surface area contributed by atoms with Crippen LogP contribution < -0.4 is 10.2 Å². The smallest absolute Gasteiger partial charge is 0.338 e. The number of amides is 3. The molecular weight excluding hydrogens is 432 g/mol. The number of rotatable bonds is 6. The maximum absolute atomic E-state index is 13.1. The summed E-state index contributed by atoms with van der Waals surface area (Å²) in [4.78, 5) is 51.8. The molecular formula is C27H24N2O5. The molecule has 1 aliphatic rings. The lowest BCUT2D eigenvalue weighted by atomic mass is 10.1. The second-order valence-electron chi connectivity index (χ2n) is 8.27. The van der Waals surface area contributed by atoms with Gasteiger partial charge in [0.25, 0.3) is 17.7 Å². The van der Waals surface area contributed by atoms with Crippen molar-refractivity contribution in [2.45, 2.75) is 26.8 Å². The molecule has 1 heterocycles. The molecule has 3 aromatic rings. The largest absolute Gasteiger partial charge is 0.452 e. The van der Waals surface area contributed by atoms with E-state index in [-0.39, 0.29) is 22.7 Å². The first-order chi connectivity index (χ1) is 16.3. The lowest BCUT2D eigenvalue weighted by molar-refractivity contribution is -0.124. The molecule has 0 bridgehead atoms. The quantitative estimate of drug-likeness (QED) is 0.445. The molecule has 0 fully saturated rings. The molecule has 4 rings (SSSR count). The van der Waals surface area contributed by atoms with Gasteiger partial charge >= 0.3 is 5.97 Å². The van der Waals surface area contributed by atoms with Gasteiger partial charge in [0, 0.05) is 0 Å². The van der Waals surface area contributed by atoms with Crippen LogP contribution in [0.15, 0.2) is 66.7 Å². The first kappa shape index (κ1) is 22.9. The van der Waals surface area contributed by atoms with Gasteiger partial charge in [0.2, 0.25) is 0 Å². The Labute approximate surface area is 197 Å². The summed E-state index contributed by atoms with van der Waals surface area (Å²) < 4.78 is 5.13. The van der Waals surface area contributed by atoms with Crippen molar-refractivity contribution >= 4 is 29.4 Å². The predicted octanol–water partition coefficient (Wildman–Crippen LogP) is 4.14. The first-order valence-corrected chi connectivity index (χ1v) is 10.9. The highest BCUT2D eigenvalue weighted by atomic mass is 16.5. The van der Waals surface area contributed by atoms with Crippen molar-refractivity contribution in [3.05, 3.63) is 100 Å². The van der Waals surface area contributed by atoms with Gasteiger partial charge in [-0.2, -0.15) is 0 Å². The maximum Gasteiger partial charge on any atom is 0.338 e. The van der Waals surface area contributed by atoms with Crippen molar-refractivity contribution in [1.29, 1.82) is 0 Å². The molecule has 7 nitrogen and oxygen atoms in total. The Kier molecular flexibility index (Phi) is 6.27. The Hall–Kier alpha value is -4.26. The molecule has 1 aliphatic heterocycles. The fraction of sp³-hybridized carbons (Fsp3) is 0.185. The number of hydrogen-bond donors (Lipinski definition) is 1. The average molecular weight is 456 g/mol. The molecule has 172 valence electrons. The van der Waals surface area contributed by atoms with Crippen LogP contribution in [0.25, 0.3) is 0 Å². The Balaban J connectivity index is 1.44. The van der Waals surface area contributed by atoms with Gasteiger partial charge in [-0.15, -0.1) is 0 Å². The van der Waals surface area contributed by atoms with E-state index in [1.165, 1.54) is 18.2 Å². The lowest BCUT2D eigenvalue weighted by Gasteiger charge is -2.17. The summed E-state index contributed by atoms with van der Waals surface area (Å²) in [6, 6.07) is 18.9. The van der Waals surface area contributed by atoms with Gasteiger partial charge in [-0.05, 0) is 61.7 Å². The van der Waals surface area contributed by atoms with Gasteiger partial charge < -0.3 is 10.1 Å². The molecule has 0 aromatic heterocycles. The van der Waals surface area contributed by atoms with E-state index >= 15 is 0 Å². The van der Waals surface area contributed by atoms with Gasteiger partial charge in [-0.3, -0.25) is 14.4 Å². The molecule has 3 aromatic carbocycles. The average Bonchev–Trinajstić information content (AvgIpc) is 3.08. The summed E-state index contributed by atoms with van der Waals surface area (Å²) >= 11 is 0. The Bertz CT molecular complexity index is 1300. The Morgan fingerprint density at radius 1 is 0.912 bits per heavy atom. The van der Waals surface area contributed by atoms with Crippen molar-refractivity contribution < 1.29 is 23.9 Å². The topological polar surface area (TPSA) is 92.8 Å². The highest BCUT2D eigenvalue weighted by molar-refractivity contribution is 6.35. The molecule has 0 saturated heterocycles. The molecule has 3 amide bonds. The van der Waals surface area contributed by atoms with Crippen molar-refractivity contribution in [3.8, 4) is 0 Å². The molecule has 1 N–H and O–H groups in total. The van der Waals surface area contributed by atoms with E-state index in [0.29, 0.717) is 5.69 Å². The normalized spacial score (nSPS) is 13.4. The van der Waals surface area contributed by atoms with Crippen LogP contribution in [-0.4, -0.2) is 30.3 Å². The van der Waals surface area contributed by atoms with Crippen LogP contribution in [0.1, 0.15) is 60.7 Å². The minimum Gasteiger partial charge on any atom is -0.452 e. The molecule has 0 aliphatic carbocycles. The van der Waals surface area contributed by atoms with Crippen LogP contribution in [0.2, 0.25) is 0 Å². The number of aryl methyl sites for hydroxylation is 2. The fourth-order valence-electron chi connectivity index (χ4n) is 3.87. The Morgan fingerprint density at radius 2 is 1.62 bits per heavy atom. The van der Waals surface area contributed by atoms with E-state index in [1.807, 2.05) is 63.2 Å². The third-order valence-electron chi connectivity index (χ3n) is 5.74. The number of fused-ring (bicyclic) bond motifs is 1. The van der Waals surface area contributed by atoms with Gasteiger partial charge in [0.1, 0.15) is 0 Å². The third kappa shape index (κ3) is 4.45. The van der Waals surface area contributed by atoms with E-state index in [2.05, 4.69) is 5.32 Å². The zero-order valence-electron chi connectivity index (χ0n) is 19.1. The summed E-state index contributed by atoms with van der Waals surface area (Å²) in [6.07, 6.45) is 0. The summed E-state index contributed by atoms with van der Waals surface area (Å²) in [5.41, 5.74) is 3.58. The number of nitrogens with one attached hydrogen (secondary N) is 1. The van der Waals surface area contributed by atoms with Crippen LogP contribution >= 0.6 is 0 Å². The number of carbonyl (C=O) groups excluding carboxylic acids is 4. The van der Waals surface area contributed by atoms with Crippen LogP contribution in [-0.2, 0) is 9.53 Å². The van der Waals surface area contributed by atoms with E-state index in [1.54, 1.807) is 6.07 Å². The molecule has 0 unspecified atom stereocenters. The molecule has 1 atom stereocenters. The summed E-state index contributed by atoms with van der Waals surface area (Å²) in [6.45, 7) is 5.07. The van der Waals surface area contributed by atoms with Gasteiger partial charge in [-0.1, -0.05) is 42.5 Å². The van der Waals surface area contributed by atoms with Crippen LogP contribution in [0.5, 0.6) is 0 Å². The number of ether oxygens (including phenoxy) is 1. The van der Waals surface area contributed by atoms with Crippen molar-refractivity contribution in [2.75, 3.05) is 11.5 Å². The molecule has 7 heteroatoms. The third-order valence-corrected chi connectivity index (χ3v) is 5.74. The lowest BCUT2D eigenvalue weighted by Crippen LogP contribution is -2.31. The van der Waals surface area contributed by atoms with Gasteiger partial charge in [0.15, 0.2) is 6.61 Å². The number of esters is 1. The number of hydrogen-bond acceptors (Lipinski definition) is 5. The monoisotopic (exact) mass is 456 g/mol.